The molecule has 0 bridgehead atoms. The minimum Gasteiger partial charge on any atom is -0.352 e. The highest BCUT2D eigenvalue weighted by Crippen LogP contribution is 2.29. The third-order valence-electron chi connectivity index (χ3n) is 4.93. The molecule has 130 valence electrons. The van der Waals surface area contributed by atoms with Gasteiger partial charge in [-0.15, -0.1) is 5.10 Å². The van der Waals surface area contributed by atoms with Gasteiger partial charge in [-0.05, 0) is 37.3 Å². The van der Waals surface area contributed by atoms with Crippen LogP contribution in [0.5, 0.6) is 0 Å². The molecule has 1 saturated heterocycles. The first-order valence-corrected chi connectivity index (χ1v) is 9.20. The minimum absolute atomic E-state index is 0.514. The van der Waals surface area contributed by atoms with Crippen LogP contribution in [0, 0.1) is 0 Å². The van der Waals surface area contributed by atoms with Crippen LogP contribution in [0.4, 0.5) is 5.82 Å². The molecular weight excluding hydrogens is 336 g/mol. The summed E-state index contributed by atoms with van der Waals surface area (Å²) in [5, 5.41) is 9.43. The van der Waals surface area contributed by atoms with Gasteiger partial charge in [-0.3, -0.25) is 0 Å². The quantitative estimate of drug-likeness (QED) is 0.713. The van der Waals surface area contributed by atoms with Crippen LogP contribution in [0.25, 0.3) is 11.2 Å². The maximum atomic E-state index is 6.28. The number of piperidine rings is 1. The zero-order valence-electron chi connectivity index (χ0n) is 14.3. The van der Waals surface area contributed by atoms with E-state index in [4.69, 9.17) is 11.6 Å². The van der Waals surface area contributed by atoms with E-state index in [9.17, 15) is 0 Å². The Morgan fingerprint density at radius 1 is 1.20 bits per heavy atom. The molecule has 25 heavy (non-hydrogen) atoms. The van der Waals surface area contributed by atoms with Crippen LogP contribution in [0.2, 0.25) is 5.02 Å². The summed E-state index contributed by atoms with van der Waals surface area (Å²) in [6, 6.07) is 8.29. The molecule has 1 atom stereocenters. The molecule has 1 aliphatic heterocycles. The maximum Gasteiger partial charge on any atom is 0.184 e. The summed E-state index contributed by atoms with van der Waals surface area (Å²) in [5.74, 6) is 0.905. The second-order valence-electron chi connectivity index (χ2n) is 6.46. The largest absolute Gasteiger partial charge is 0.352 e. The van der Waals surface area contributed by atoms with E-state index in [-0.39, 0.29) is 0 Å². The number of rotatable bonds is 4. The van der Waals surface area contributed by atoms with Gasteiger partial charge in [0.1, 0.15) is 6.33 Å². The first kappa shape index (κ1) is 16.3. The number of halogens is 1. The Balaban J connectivity index is 1.72. The molecule has 0 spiro atoms. The number of anilines is 1. The van der Waals surface area contributed by atoms with Gasteiger partial charge in [0.15, 0.2) is 17.0 Å². The zero-order valence-corrected chi connectivity index (χ0v) is 15.0. The molecule has 3 aromatic rings. The predicted molar refractivity (Wildman–Crippen MR) is 98.9 cm³/mol. The van der Waals surface area contributed by atoms with Crippen LogP contribution >= 0.6 is 11.6 Å². The number of hydrogen-bond donors (Lipinski definition) is 0. The molecule has 0 aliphatic carbocycles. The van der Waals surface area contributed by atoms with Crippen LogP contribution < -0.4 is 4.90 Å². The number of fused-ring (bicyclic) bond motifs is 1. The van der Waals surface area contributed by atoms with Gasteiger partial charge >= 0.3 is 0 Å². The summed E-state index contributed by atoms with van der Waals surface area (Å²) in [5.41, 5.74) is 2.53. The lowest BCUT2D eigenvalue weighted by Crippen LogP contribution is -2.39. The van der Waals surface area contributed by atoms with Crippen LogP contribution in [-0.2, 0) is 6.54 Å². The third-order valence-corrected chi connectivity index (χ3v) is 5.30. The molecule has 1 aliphatic rings. The molecule has 3 heterocycles. The lowest BCUT2D eigenvalue weighted by molar-refractivity contribution is 0.447. The lowest BCUT2D eigenvalue weighted by atomic mass is 10.00. The number of nitrogens with zero attached hydrogens (tertiary/aromatic N) is 6. The molecule has 0 saturated carbocycles. The highest BCUT2D eigenvalue weighted by molar-refractivity contribution is 6.31. The van der Waals surface area contributed by atoms with Crippen molar-refractivity contribution in [3.05, 3.63) is 41.2 Å². The van der Waals surface area contributed by atoms with Gasteiger partial charge < -0.3 is 4.90 Å². The van der Waals surface area contributed by atoms with Gasteiger partial charge in [-0.1, -0.05) is 41.9 Å². The first-order valence-electron chi connectivity index (χ1n) is 8.82. The Kier molecular flexibility index (Phi) is 4.53. The number of aromatic nitrogens is 5. The molecule has 4 rings (SSSR count). The second kappa shape index (κ2) is 6.96. The summed E-state index contributed by atoms with van der Waals surface area (Å²) in [6.45, 7) is 3.79. The fourth-order valence-electron chi connectivity index (χ4n) is 3.59. The van der Waals surface area contributed by atoms with E-state index in [1.54, 1.807) is 11.0 Å². The average Bonchev–Trinajstić information content (AvgIpc) is 3.06. The van der Waals surface area contributed by atoms with Crippen LogP contribution in [0.15, 0.2) is 30.6 Å². The second-order valence-corrected chi connectivity index (χ2v) is 6.87. The number of hydrogen-bond acceptors (Lipinski definition) is 5. The number of benzene rings is 1. The monoisotopic (exact) mass is 356 g/mol. The standard InChI is InChI=1S/C18H21ClN6/c1-2-14-8-5-6-10-24(14)17-16-18(21-12-20-17)25(23-22-16)11-13-7-3-4-9-15(13)19/h3-4,7,9,12,14H,2,5-6,8,10-11H2,1H3/t14-/m0/s1. The van der Waals surface area contributed by atoms with Crippen molar-refractivity contribution in [1.82, 2.24) is 25.0 Å². The van der Waals surface area contributed by atoms with Crippen LogP contribution in [-0.4, -0.2) is 37.5 Å². The molecule has 0 radical (unpaired) electrons. The van der Waals surface area contributed by atoms with Gasteiger partial charge in [0, 0.05) is 17.6 Å². The molecular formula is C18H21ClN6. The third kappa shape index (κ3) is 3.06. The topological polar surface area (TPSA) is 59.7 Å². The van der Waals surface area contributed by atoms with Crippen molar-refractivity contribution in [3.63, 3.8) is 0 Å². The van der Waals surface area contributed by atoms with Crippen molar-refractivity contribution in [2.24, 2.45) is 0 Å². The van der Waals surface area contributed by atoms with E-state index >= 15 is 0 Å². The first-order chi connectivity index (χ1) is 12.3. The van der Waals surface area contributed by atoms with E-state index in [0.717, 1.165) is 40.5 Å². The smallest absolute Gasteiger partial charge is 0.184 e. The Morgan fingerprint density at radius 2 is 2.08 bits per heavy atom. The van der Waals surface area contributed by atoms with E-state index in [0.29, 0.717) is 12.6 Å². The van der Waals surface area contributed by atoms with Crippen molar-refractivity contribution >= 4 is 28.6 Å². The van der Waals surface area contributed by atoms with Crippen molar-refractivity contribution < 1.29 is 0 Å². The van der Waals surface area contributed by atoms with E-state index in [1.165, 1.54) is 19.3 Å². The fraction of sp³-hybridized carbons (Fsp3) is 0.444. The molecule has 0 unspecified atom stereocenters. The summed E-state index contributed by atoms with van der Waals surface area (Å²) < 4.78 is 1.80. The lowest BCUT2D eigenvalue weighted by Gasteiger charge is -2.36. The van der Waals surface area contributed by atoms with Gasteiger partial charge in [-0.25, -0.2) is 14.6 Å². The molecule has 2 aromatic heterocycles. The molecule has 0 N–H and O–H groups in total. The van der Waals surface area contributed by atoms with Crippen molar-refractivity contribution in [3.8, 4) is 0 Å². The summed E-state index contributed by atoms with van der Waals surface area (Å²) >= 11 is 6.28. The highest BCUT2D eigenvalue weighted by atomic mass is 35.5. The Hall–Kier alpha value is -2.21. The molecule has 1 fully saturated rings. The Morgan fingerprint density at radius 3 is 2.92 bits per heavy atom. The van der Waals surface area contributed by atoms with Gasteiger partial charge in [0.05, 0.1) is 6.54 Å². The van der Waals surface area contributed by atoms with E-state index < -0.39 is 0 Å². The Bertz CT molecular complexity index is 877. The fourth-order valence-corrected chi connectivity index (χ4v) is 3.78. The van der Waals surface area contributed by atoms with Gasteiger partial charge in [-0.2, -0.15) is 0 Å². The summed E-state index contributed by atoms with van der Waals surface area (Å²) in [4.78, 5) is 11.3. The molecule has 7 heteroatoms. The summed E-state index contributed by atoms with van der Waals surface area (Å²) in [7, 11) is 0. The van der Waals surface area contributed by atoms with Crippen LogP contribution in [0.3, 0.4) is 0 Å². The zero-order chi connectivity index (χ0) is 17.2. The average molecular weight is 357 g/mol. The maximum absolute atomic E-state index is 6.28. The van der Waals surface area contributed by atoms with Gasteiger partial charge in [0.25, 0.3) is 0 Å². The SMILES string of the molecule is CC[C@H]1CCCCN1c1ncnc2c1nnn2Cc1ccccc1Cl. The van der Waals surface area contributed by atoms with Crippen molar-refractivity contribution in [2.45, 2.75) is 45.2 Å². The normalized spacial score (nSPS) is 18.0. The van der Waals surface area contributed by atoms with Crippen molar-refractivity contribution in [2.75, 3.05) is 11.4 Å². The van der Waals surface area contributed by atoms with E-state index in [1.807, 2.05) is 24.3 Å². The molecule has 6 nitrogen and oxygen atoms in total. The summed E-state index contributed by atoms with van der Waals surface area (Å²) in [6.07, 6.45) is 6.40. The predicted octanol–water partition coefficient (Wildman–Crippen LogP) is 3.69. The van der Waals surface area contributed by atoms with Crippen LogP contribution in [0.1, 0.15) is 38.2 Å². The Labute approximate surface area is 151 Å². The minimum atomic E-state index is 0.514. The molecule has 0 amide bonds. The van der Waals surface area contributed by atoms with Gasteiger partial charge in [0.2, 0.25) is 0 Å². The van der Waals surface area contributed by atoms with E-state index in [2.05, 4.69) is 32.1 Å². The highest BCUT2D eigenvalue weighted by Gasteiger charge is 2.25. The van der Waals surface area contributed by atoms with Crippen molar-refractivity contribution in [1.29, 1.82) is 0 Å². The molecule has 1 aromatic carbocycles.